The van der Waals surface area contributed by atoms with Gasteiger partial charge in [0, 0.05) is 10.2 Å². The normalized spacial score (nSPS) is 10.8. The van der Waals surface area contributed by atoms with Crippen LogP contribution in [0.25, 0.3) is 11.0 Å². The fourth-order valence-electron chi connectivity index (χ4n) is 1.81. The Labute approximate surface area is 117 Å². The molecule has 0 unspecified atom stereocenters. The van der Waals surface area contributed by atoms with Crippen LogP contribution in [-0.2, 0) is 0 Å². The van der Waals surface area contributed by atoms with Crippen LogP contribution in [0.4, 0.5) is 21.7 Å². The van der Waals surface area contributed by atoms with Crippen molar-refractivity contribution in [3.63, 3.8) is 0 Å². The van der Waals surface area contributed by atoms with Gasteiger partial charge in [0.15, 0.2) is 0 Å². The van der Waals surface area contributed by atoms with Gasteiger partial charge in [-0.05, 0) is 52.3 Å². The minimum atomic E-state index is -0.314. The van der Waals surface area contributed by atoms with Gasteiger partial charge in [0.05, 0.1) is 16.7 Å². The van der Waals surface area contributed by atoms with E-state index in [4.69, 9.17) is 5.73 Å². The van der Waals surface area contributed by atoms with E-state index in [1.54, 1.807) is 18.2 Å². The Bertz CT molecular complexity index is 753. The van der Waals surface area contributed by atoms with Gasteiger partial charge >= 0.3 is 0 Å². The van der Waals surface area contributed by atoms with E-state index in [-0.39, 0.29) is 5.82 Å². The van der Waals surface area contributed by atoms with Crippen molar-refractivity contribution >= 4 is 44.3 Å². The molecule has 0 aliphatic rings. The molecule has 3 rings (SSSR count). The van der Waals surface area contributed by atoms with Crippen LogP contribution >= 0.6 is 15.9 Å². The number of nitrogens with two attached hydrogens (primary N) is 1. The summed E-state index contributed by atoms with van der Waals surface area (Å²) in [6, 6.07) is 9.82. The van der Waals surface area contributed by atoms with Crippen LogP contribution in [0.5, 0.6) is 0 Å². The zero-order valence-corrected chi connectivity index (χ0v) is 11.3. The van der Waals surface area contributed by atoms with E-state index in [9.17, 15) is 4.39 Å². The highest BCUT2D eigenvalue weighted by Gasteiger charge is 2.06. The van der Waals surface area contributed by atoms with Crippen molar-refractivity contribution in [3.05, 3.63) is 46.7 Å². The van der Waals surface area contributed by atoms with Crippen LogP contribution in [0.1, 0.15) is 0 Å². The molecule has 19 heavy (non-hydrogen) atoms. The Morgan fingerprint density at radius 1 is 1.21 bits per heavy atom. The minimum Gasteiger partial charge on any atom is -0.399 e. The Hall–Kier alpha value is -2.08. The van der Waals surface area contributed by atoms with Gasteiger partial charge in [-0.25, -0.2) is 9.37 Å². The Kier molecular flexibility index (Phi) is 2.87. The Balaban J connectivity index is 1.98. The molecule has 6 heteroatoms. The summed E-state index contributed by atoms with van der Waals surface area (Å²) >= 11 is 3.35. The third-order valence-corrected chi connectivity index (χ3v) is 3.38. The maximum Gasteiger partial charge on any atom is 0.205 e. The molecule has 0 bridgehead atoms. The first-order valence-corrected chi connectivity index (χ1v) is 6.38. The van der Waals surface area contributed by atoms with Crippen molar-refractivity contribution in [3.8, 4) is 0 Å². The first-order valence-electron chi connectivity index (χ1n) is 5.59. The molecule has 0 atom stereocenters. The van der Waals surface area contributed by atoms with E-state index in [1.807, 2.05) is 6.07 Å². The number of H-pyrrole nitrogens is 1. The van der Waals surface area contributed by atoms with Crippen molar-refractivity contribution in [2.45, 2.75) is 0 Å². The van der Waals surface area contributed by atoms with Gasteiger partial charge < -0.3 is 16.0 Å². The second kappa shape index (κ2) is 4.55. The fourth-order valence-corrected chi connectivity index (χ4v) is 2.15. The highest BCUT2D eigenvalue weighted by atomic mass is 79.9. The molecule has 0 fully saturated rings. The SMILES string of the molecule is Nc1ccc2nc(Nc3cc(F)ccc3Br)[nH]c2c1. The average molecular weight is 321 g/mol. The molecular weight excluding hydrogens is 311 g/mol. The summed E-state index contributed by atoms with van der Waals surface area (Å²) in [5.41, 5.74) is 8.59. The maximum absolute atomic E-state index is 13.2. The van der Waals surface area contributed by atoms with E-state index < -0.39 is 0 Å². The van der Waals surface area contributed by atoms with Crippen molar-refractivity contribution in [1.29, 1.82) is 0 Å². The number of aromatic amines is 1. The van der Waals surface area contributed by atoms with Crippen LogP contribution in [-0.4, -0.2) is 9.97 Å². The number of halogens is 2. The van der Waals surface area contributed by atoms with Gasteiger partial charge in [0.2, 0.25) is 5.95 Å². The van der Waals surface area contributed by atoms with Crippen LogP contribution in [0.3, 0.4) is 0 Å². The van der Waals surface area contributed by atoms with Crippen molar-refractivity contribution in [2.75, 3.05) is 11.1 Å². The largest absolute Gasteiger partial charge is 0.399 e. The molecule has 3 aromatic rings. The molecule has 0 amide bonds. The van der Waals surface area contributed by atoms with Crippen LogP contribution in [0.2, 0.25) is 0 Å². The zero-order chi connectivity index (χ0) is 13.4. The van der Waals surface area contributed by atoms with E-state index in [1.165, 1.54) is 12.1 Å². The first-order chi connectivity index (χ1) is 9.11. The molecule has 0 radical (unpaired) electrons. The van der Waals surface area contributed by atoms with E-state index in [2.05, 4.69) is 31.2 Å². The smallest absolute Gasteiger partial charge is 0.205 e. The van der Waals surface area contributed by atoms with E-state index in [0.717, 1.165) is 15.5 Å². The summed E-state index contributed by atoms with van der Waals surface area (Å²) in [5.74, 6) is 0.220. The molecule has 4 N–H and O–H groups in total. The molecular formula is C13H10BrFN4. The third kappa shape index (κ3) is 2.39. The predicted molar refractivity (Wildman–Crippen MR) is 77.9 cm³/mol. The van der Waals surface area contributed by atoms with Gasteiger partial charge in [-0.2, -0.15) is 0 Å². The quantitative estimate of drug-likeness (QED) is 0.629. The zero-order valence-electron chi connectivity index (χ0n) is 9.74. The van der Waals surface area contributed by atoms with Crippen molar-refractivity contribution in [1.82, 2.24) is 9.97 Å². The van der Waals surface area contributed by atoms with Gasteiger partial charge in [-0.15, -0.1) is 0 Å². The number of nitrogens with one attached hydrogen (secondary N) is 2. The lowest BCUT2D eigenvalue weighted by molar-refractivity contribution is 0.628. The predicted octanol–water partition coefficient (Wildman–Crippen LogP) is 3.79. The second-order valence-electron chi connectivity index (χ2n) is 4.11. The number of imidazole rings is 1. The number of nitrogen functional groups attached to an aromatic ring is 1. The van der Waals surface area contributed by atoms with E-state index in [0.29, 0.717) is 17.3 Å². The van der Waals surface area contributed by atoms with Crippen LogP contribution in [0.15, 0.2) is 40.9 Å². The standard InChI is InChI=1S/C13H10BrFN4/c14-9-3-1-7(15)5-11(9)18-13-17-10-4-2-8(16)6-12(10)19-13/h1-6H,16H2,(H2,17,18,19). The van der Waals surface area contributed by atoms with Crippen molar-refractivity contribution in [2.24, 2.45) is 0 Å². The van der Waals surface area contributed by atoms with Gasteiger partial charge in [-0.1, -0.05) is 0 Å². The molecule has 0 saturated carbocycles. The second-order valence-corrected chi connectivity index (χ2v) is 4.97. The monoisotopic (exact) mass is 320 g/mol. The lowest BCUT2D eigenvalue weighted by Gasteiger charge is -2.05. The summed E-state index contributed by atoms with van der Waals surface area (Å²) < 4.78 is 14.0. The number of hydrogen-bond donors (Lipinski definition) is 3. The minimum absolute atomic E-state index is 0.314. The number of nitrogens with zero attached hydrogens (tertiary/aromatic N) is 1. The molecule has 1 heterocycles. The number of aromatic nitrogens is 2. The number of rotatable bonds is 2. The molecule has 0 saturated heterocycles. The van der Waals surface area contributed by atoms with Crippen LogP contribution in [0, 0.1) is 5.82 Å². The fraction of sp³-hybridized carbons (Fsp3) is 0. The summed E-state index contributed by atoms with van der Waals surface area (Å²) in [4.78, 5) is 7.44. The lowest BCUT2D eigenvalue weighted by atomic mass is 10.3. The summed E-state index contributed by atoms with van der Waals surface area (Å²) in [7, 11) is 0. The number of anilines is 3. The van der Waals surface area contributed by atoms with Gasteiger partial charge in [0.1, 0.15) is 5.82 Å². The number of benzene rings is 2. The molecule has 0 aliphatic carbocycles. The molecule has 96 valence electrons. The summed E-state index contributed by atoms with van der Waals surface area (Å²) in [6.45, 7) is 0. The Morgan fingerprint density at radius 2 is 2.05 bits per heavy atom. The average Bonchev–Trinajstić information content (AvgIpc) is 2.75. The lowest BCUT2D eigenvalue weighted by Crippen LogP contribution is -1.94. The first kappa shape index (κ1) is 12.0. The summed E-state index contributed by atoms with van der Waals surface area (Å²) in [5, 5.41) is 3.03. The van der Waals surface area contributed by atoms with Gasteiger partial charge in [-0.3, -0.25) is 0 Å². The summed E-state index contributed by atoms with van der Waals surface area (Å²) in [6.07, 6.45) is 0. The molecule has 1 aromatic heterocycles. The topological polar surface area (TPSA) is 66.7 Å². The molecule has 0 aliphatic heterocycles. The third-order valence-electron chi connectivity index (χ3n) is 2.69. The van der Waals surface area contributed by atoms with Crippen molar-refractivity contribution < 1.29 is 4.39 Å². The van der Waals surface area contributed by atoms with Gasteiger partial charge in [0.25, 0.3) is 0 Å². The van der Waals surface area contributed by atoms with Crippen LogP contribution < -0.4 is 11.1 Å². The molecule has 0 spiro atoms. The number of fused-ring (bicyclic) bond motifs is 1. The maximum atomic E-state index is 13.2. The highest BCUT2D eigenvalue weighted by molar-refractivity contribution is 9.10. The Morgan fingerprint density at radius 3 is 2.89 bits per heavy atom. The molecule has 2 aromatic carbocycles. The number of hydrogen-bond acceptors (Lipinski definition) is 3. The molecule has 4 nitrogen and oxygen atoms in total. The van der Waals surface area contributed by atoms with E-state index >= 15 is 0 Å². The highest BCUT2D eigenvalue weighted by Crippen LogP contribution is 2.26.